The van der Waals surface area contributed by atoms with Crippen LogP contribution in [0.2, 0.25) is 0 Å². The predicted molar refractivity (Wildman–Crippen MR) is 108 cm³/mol. The van der Waals surface area contributed by atoms with Crippen molar-refractivity contribution in [2.24, 2.45) is 0 Å². The standard InChI is InChI=1S/C22H27N3O3/c1-28-19-8-6-16(7-9-19)21(26)15-24-12-10-18(11-13-24)25-14-17-4-2-3-5-20(17)23-22(25)27/h2-9,18,21,26H,10-15H2,1H3,(H,23,27). The number of hydrogen-bond donors (Lipinski definition) is 2. The monoisotopic (exact) mass is 381 g/mol. The zero-order chi connectivity index (χ0) is 19.5. The Morgan fingerprint density at radius 1 is 1.14 bits per heavy atom. The number of carbonyl (C=O) groups excluding carboxylic acids is 1. The van der Waals surface area contributed by atoms with E-state index in [1.807, 2.05) is 47.4 Å². The molecule has 2 amide bonds. The number of urea groups is 1. The molecule has 6 heteroatoms. The van der Waals surface area contributed by atoms with Crippen molar-refractivity contribution in [3.8, 4) is 5.75 Å². The summed E-state index contributed by atoms with van der Waals surface area (Å²) < 4.78 is 5.17. The summed E-state index contributed by atoms with van der Waals surface area (Å²) in [5.41, 5.74) is 2.98. The van der Waals surface area contributed by atoms with E-state index in [0.717, 1.165) is 42.9 Å². The van der Waals surface area contributed by atoms with Crippen LogP contribution in [0.5, 0.6) is 5.75 Å². The number of nitrogens with zero attached hydrogens (tertiary/aromatic N) is 2. The number of aliphatic hydroxyl groups excluding tert-OH is 1. The molecule has 0 bridgehead atoms. The molecule has 2 aromatic rings. The van der Waals surface area contributed by atoms with Crippen LogP contribution in [0.4, 0.5) is 10.5 Å². The number of carbonyl (C=O) groups is 1. The summed E-state index contributed by atoms with van der Waals surface area (Å²) in [5, 5.41) is 13.5. The fourth-order valence-corrected chi connectivity index (χ4v) is 4.11. The first kappa shape index (κ1) is 18.8. The molecule has 2 N–H and O–H groups in total. The topological polar surface area (TPSA) is 65.0 Å². The summed E-state index contributed by atoms with van der Waals surface area (Å²) in [6.45, 7) is 3.03. The van der Waals surface area contributed by atoms with Crippen LogP contribution in [0.1, 0.15) is 30.1 Å². The molecule has 28 heavy (non-hydrogen) atoms. The molecular formula is C22H27N3O3. The molecule has 2 heterocycles. The van der Waals surface area contributed by atoms with E-state index in [4.69, 9.17) is 4.74 Å². The Morgan fingerprint density at radius 2 is 1.86 bits per heavy atom. The summed E-state index contributed by atoms with van der Waals surface area (Å²) in [7, 11) is 1.64. The number of ether oxygens (including phenoxy) is 1. The highest BCUT2D eigenvalue weighted by Gasteiger charge is 2.31. The van der Waals surface area contributed by atoms with E-state index in [-0.39, 0.29) is 12.1 Å². The van der Waals surface area contributed by atoms with Gasteiger partial charge in [0.25, 0.3) is 0 Å². The second-order valence-electron chi connectivity index (χ2n) is 7.54. The number of methoxy groups -OCH3 is 1. The van der Waals surface area contributed by atoms with Gasteiger partial charge in [0.15, 0.2) is 0 Å². The lowest BCUT2D eigenvalue weighted by molar-refractivity contribution is 0.0747. The van der Waals surface area contributed by atoms with Gasteiger partial charge in [0.05, 0.1) is 13.2 Å². The summed E-state index contributed by atoms with van der Waals surface area (Å²) >= 11 is 0. The van der Waals surface area contributed by atoms with Gasteiger partial charge in [-0.2, -0.15) is 0 Å². The number of nitrogens with one attached hydrogen (secondary N) is 1. The van der Waals surface area contributed by atoms with Gasteiger partial charge in [-0.25, -0.2) is 4.79 Å². The van der Waals surface area contributed by atoms with E-state index in [9.17, 15) is 9.90 Å². The van der Waals surface area contributed by atoms with Crippen LogP contribution in [-0.2, 0) is 6.54 Å². The zero-order valence-electron chi connectivity index (χ0n) is 16.2. The van der Waals surface area contributed by atoms with Gasteiger partial charge in [0.1, 0.15) is 5.75 Å². The van der Waals surface area contributed by atoms with Crippen molar-refractivity contribution >= 4 is 11.7 Å². The second-order valence-corrected chi connectivity index (χ2v) is 7.54. The quantitative estimate of drug-likeness (QED) is 0.835. The van der Waals surface area contributed by atoms with E-state index in [1.54, 1.807) is 7.11 Å². The molecule has 4 rings (SSSR count). The molecule has 0 spiro atoms. The number of benzene rings is 2. The van der Waals surface area contributed by atoms with E-state index in [2.05, 4.69) is 16.3 Å². The number of rotatable bonds is 5. The molecule has 0 aliphatic carbocycles. The van der Waals surface area contributed by atoms with Crippen molar-refractivity contribution < 1.29 is 14.6 Å². The van der Waals surface area contributed by atoms with Crippen LogP contribution in [0.15, 0.2) is 48.5 Å². The van der Waals surface area contributed by atoms with E-state index in [1.165, 1.54) is 5.56 Å². The molecule has 1 unspecified atom stereocenters. The fraction of sp³-hybridized carbons (Fsp3) is 0.409. The summed E-state index contributed by atoms with van der Waals surface area (Å²) in [6, 6.07) is 15.8. The Morgan fingerprint density at radius 3 is 2.57 bits per heavy atom. The predicted octanol–water partition coefficient (Wildman–Crippen LogP) is 3.24. The maximum Gasteiger partial charge on any atom is 0.322 e. The van der Waals surface area contributed by atoms with Crippen molar-refractivity contribution in [3.05, 3.63) is 59.7 Å². The first-order chi connectivity index (χ1) is 13.6. The first-order valence-corrected chi connectivity index (χ1v) is 9.84. The fourth-order valence-electron chi connectivity index (χ4n) is 4.11. The number of amides is 2. The highest BCUT2D eigenvalue weighted by molar-refractivity contribution is 5.92. The third-order valence-corrected chi connectivity index (χ3v) is 5.79. The Balaban J connectivity index is 1.31. The molecule has 2 aliphatic heterocycles. The first-order valence-electron chi connectivity index (χ1n) is 9.84. The van der Waals surface area contributed by atoms with Gasteiger partial charge in [0.2, 0.25) is 0 Å². The lowest BCUT2D eigenvalue weighted by atomic mass is 10.00. The Kier molecular flexibility index (Phi) is 5.50. The second kappa shape index (κ2) is 8.20. The van der Waals surface area contributed by atoms with E-state index < -0.39 is 6.10 Å². The SMILES string of the molecule is COc1ccc(C(O)CN2CCC(N3Cc4ccccc4NC3=O)CC2)cc1. The number of aliphatic hydroxyl groups is 1. The maximum atomic E-state index is 12.5. The number of likely N-dealkylation sites (tertiary alicyclic amines) is 1. The molecule has 0 saturated carbocycles. The highest BCUT2D eigenvalue weighted by Crippen LogP contribution is 2.28. The van der Waals surface area contributed by atoms with Crippen LogP contribution in [0.3, 0.4) is 0 Å². The van der Waals surface area contributed by atoms with E-state index in [0.29, 0.717) is 13.1 Å². The molecule has 0 radical (unpaired) electrons. The molecular weight excluding hydrogens is 354 g/mol. The zero-order valence-corrected chi connectivity index (χ0v) is 16.2. The average Bonchev–Trinajstić information content (AvgIpc) is 2.74. The number of fused-ring (bicyclic) bond motifs is 1. The van der Waals surface area contributed by atoms with Crippen LogP contribution < -0.4 is 10.1 Å². The smallest absolute Gasteiger partial charge is 0.322 e. The lowest BCUT2D eigenvalue weighted by Gasteiger charge is -2.41. The van der Waals surface area contributed by atoms with Crippen molar-refractivity contribution in [2.75, 3.05) is 32.1 Å². The van der Waals surface area contributed by atoms with Crippen molar-refractivity contribution in [2.45, 2.75) is 31.5 Å². The van der Waals surface area contributed by atoms with Gasteiger partial charge in [-0.3, -0.25) is 0 Å². The maximum absolute atomic E-state index is 12.5. The van der Waals surface area contributed by atoms with Gasteiger partial charge in [-0.05, 0) is 42.2 Å². The van der Waals surface area contributed by atoms with Crippen LogP contribution >= 0.6 is 0 Å². The molecule has 1 saturated heterocycles. The number of β-amino-alcohol motifs (C(OH)–C–C–N with tert-alkyl or cyclic N) is 1. The van der Waals surface area contributed by atoms with Crippen molar-refractivity contribution in [1.82, 2.24) is 9.80 Å². The molecule has 1 atom stereocenters. The normalized spacial score (nSPS) is 19.1. The summed E-state index contributed by atoms with van der Waals surface area (Å²) in [4.78, 5) is 16.7. The molecule has 1 fully saturated rings. The largest absolute Gasteiger partial charge is 0.497 e. The average molecular weight is 381 g/mol. The number of para-hydroxylation sites is 1. The molecule has 6 nitrogen and oxygen atoms in total. The van der Waals surface area contributed by atoms with Crippen molar-refractivity contribution in [3.63, 3.8) is 0 Å². The minimum absolute atomic E-state index is 0.00424. The summed E-state index contributed by atoms with van der Waals surface area (Å²) in [6.07, 6.45) is 1.32. The Bertz CT molecular complexity index is 816. The van der Waals surface area contributed by atoms with Crippen LogP contribution in [0.25, 0.3) is 0 Å². The van der Waals surface area contributed by atoms with Gasteiger partial charge in [0, 0.05) is 37.9 Å². The van der Waals surface area contributed by atoms with Gasteiger partial charge >= 0.3 is 6.03 Å². The number of piperidine rings is 1. The van der Waals surface area contributed by atoms with Crippen LogP contribution in [0, 0.1) is 0 Å². The number of anilines is 1. The minimum atomic E-state index is -0.521. The van der Waals surface area contributed by atoms with Crippen molar-refractivity contribution in [1.29, 1.82) is 0 Å². The van der Waals surface area contributed by atoms with Gasteiger partial charge in [-0.15, -0.1) is 0 Å². The van der Waals surface area contributed by atoms with E-state index >= 15 is 0 Å². The molecule has 2 aromatic carbocycles. The highest BCUT2D eigenvalue weighted by atomic mass is 16.5. The molecule has 2 aliphatic rings. The third-order valence-electron chi connectivity index (χ3n) is 5.79. The summed E-state index contributed by atoms with van der Waals surface area (Å²) in [5.74, 6) is 0.790. The van der Waals surface area contributed by atoms with Gasteiger partial charge in [-0.1, -0.05) is 30.3 Å². The molecule has 0 aromatic heterocycles. The molecule has 148 valence electrons. The third kappa shape index (κ3) is 3.98. The lowest BCUT2D eigenvalue weighted by Crippen LogP contribution is -2.50. The Labute approximate surface area is 165 Å². The minimum Gasteiger partial charge on any atom is -0.497 e. The number of hydrogen-bond acceptors (Lipinski definition) is 4. The Hall–Kier alpha value is -2.57. The van der Waals surface area contributed by atoms with Gasteiger partial charge < -0.3 is 25.0 Å². The van der Waals surface area contributed by atoms with Crippen LogP contribution in [-0.4, -0.2) is 53.7 Å².